The van der Waals surface area contributed by atoms with Gasteiger partial charge in [-0.2, -0.15) is 14.6 Å². The molecule has 3 heterocycles. The Balaban J connectivity index is 1.38. The van der Waals surface area contributed by atoms with Crippen molar-refractivity contribution in [1.82, 2.24) is 24.5 Å². The maximum Gasteiger partial charge on any atom is 0.274 e. The van der Waals surface area contributed by atoms with Gasteiger partial charge in [-0.05, 0) is 48.5 Å². The summed E-state index contributed by atoms with van der Waals surface area (Å²) < 4.78 is 57.3. The van der Waals surface area contributed by atoms with E-state index in [1.165, 1.54) is 52.1 Å². The van der Waals surface area contributed by atoms with Crippen LogP contribution in [-0.4, -0.2) is 38.9 Å². The first-order chi connectivity index (χ1) is 17.6. The molecule has 0 unspecified atom stereocenters. The molecule has 0 aliphatic rings. The van der Waals surface area contributed by atoms with Crippen molar-refractivity contribution in [3.05, 3.63) is 89.6 Å². The van der Waals surface area contributed by atoms with Gasteiger partial charge in [0, 0.05) is 18.1 Å². The average Bonchev–Trinajstić information content (AvgIpc) is 3.46. The highest BCUT2D eigenvalue weighted by molar-refractivity contribution is 7.92. The molecule has 188 valence electrons. The number of aryl methyl sites for hydroxylation is 1. The van der Waals surface area contributed by atoms with E-state index in [2.05, 4.69) is 25.2 Å². The molecule has 0 saturated heterocycles. The van der Waals surface area contributed by atoms with E-state index in [0.717, 1.165) is 18.3 Å². The Morgan fingerprint density at radius 1 is 1.03 bits per heavy atom. The number of anilines is 2. The van der Waals surface area contributed by atoms with E-state index < -0.39 is 27.7 Å². The lowest BCUT2D eigenvalue weighted by Gasteiger charge is -2.07. The van der Waals surface area contributed by atoms with Crippen molar-refractivity contribution < 1.29 is 22.0 Å². The summed E-state index contributed by atoms with van der Waals surface area (Å²) in [5.41, 5.74) is 1.45. The number of hydrogen-bond acceptors (Lipinski definition) is 6. The molecule has 3 aromatic heterocycles. The molecule has 0 atom stereocenters. The van der Waals surface area contributed by atoms with Gasteiger partial charge < -0.3 is 5.32 Å². The van der Waals surface area contributed by atoms with E-state index >= 15 is 0 Å². The lowest BCUT2D eigenvalue weighted by atomic mass is 10.2. The first kappa shape index (κ1) is 24.3. The number of carbonyl (C=O) groups is 1. The summed E-state index contributed by atoms with van der Waals surface area (Å²) in [5, 5.41) is 11.3. The van der Waals surface area contributed by atoms with E-state index in [9.17, 15) is 22.0 Å². The number of carbonyl (C=O) groups excluding carboxylic acids is 1. The molecule has 14 heteroatoms. The Kier molecular flexibility index (Phi) is 6.09. The second-order valence-electron chi connectivity index (χ2n) is 7.85. The van der Waals surface area contributed by atoms with Gasteiger partial charge in [0.25, 0.3) is 15.9 Å². The Bertz CT molecular complexity index is 1770. The van der Waals surface area contributed by atoms with Crippen LogP contribution in [0.2, 0.25) is 5.02 Å². The minimum Gasteiger partial charge on any atom is -0.321 e. The van der Waals surface area contributed by atoms with Gasteiger partial charge in [-0.1, -0.05) is 11.6 Å². The fourth-order valence-electron chi connectivity index (χ4n) is 3.60. The molecule has 2 N–H and O–H groups in total. The first-order valence-electron chi connectivity index (χ1n) is 10.5. The molecule has 1 amide bonds. The Morgan fingerprint density at radius 2 is 1.81 bits per heavy atom. The van der Waals surface area contributed by atoms with Crippen molar-refractivity contribution in [3.63, 3.8) is 0 Å². The summed E-state index contributed by atoms with van der Waals surface area (Å²) in [6.45, 7) is 0. The van der Waals surface area contributed by atoms with Crippen LogP contribution < -0.4 is 10.0 Å². The second kappa shape index (κ2) is 9.26. The average molecular weight is 544 g/mol. The molecule has 2 aromatic carbocycles. The number of nitrogens with one attached hydrogen (secondary N) is 2. The topological polar surface area (TPSA) is 124 Å². The number of amides is 1. The number of halogens is 3. The van der Waals surface area contributed by atoms with Crippen molar-refractivity contribution in [1.29, 1.82) is 0 Å². The Hall–Kier alpha value is -4.36. The number of nitrogens with zero attached hydrogens (tertiary/aromatic N) is 5. The van der Waals surface area contributed by atoms with Crippen LogP contribution in [0.15, 0.2) is 72.0 Å². The molecule has 0 bridgehead atoms. The van der Waals surface area contributed by atoms with Crippen LogP contribution in [0, 0.1) is 11.8 Å². The normalized spacial score (nSPS) is 11.6. The highest BCUT2D eigenvalue weighted by Crippen LogP contribution is 2.26. The third-order valence-corrected chi connectivity index (χ3v) is 6.95. The monoisotopic (exact) mass is 543 g/mol. The molecule has 0 radical (unpaired) electrons. The van der Waals surface area contributed by atoms with Crippen LogP contribution in [0.3, 0.4) is 0 Å². The maximum atomic E-state index is 13.4. The number of rotatable bonds is 6. The number of fused-ring (bicyclic) bond motifs is 1. The molecule has 0 saturated carbocycles. The van der Waals surface area contributed by atoms with E-state index in [0.29, 0.717) is 22.3 Å². The number of benzene rings is 2. The lowest BCUT2D eigenvalue weighted by molar-refractivity contribution is 0.101. The summed E-state index contributed by atoms with van der Waals surface area (Å²) in [6, 6.07) is 10.9. The largest absolute Gasteiger partial charge is 0.321 e. The fourth-order valence-corrected chi connectivity index (χ4v) is 4.76. The molecule has 0 aliphatic carbocycles. The molecular formula is C23H16ClF2N7O3S. The summed E-state index contributed by atoms with van der Waals surface area (Å²) in [5.74, 6) is -1.79. The zero-order valence-corrected chi connectivity index (χ0v) is 20.4. The van der Waals surface area contributed by atoms with Crippen LogP contribution >= 0.6 is 11.6 Å². The third-order valence-electron chi connectivity index (χ3n) is 5.32. The van der Waals surface area contributed by atoms with E-state index in [-0.39, 0.29) is 21.3 Å². The quantitative estimate of drug-likeness (QED) is 0.310. The summed E-state index contributed by atoms with van der Waals surface area (Å²) in [6.07, 6.45) is 3.63. The van der Waals surface area contributed by atoms with Crippen LogP contribution in [-0.2, 0) is 17.1 Å². The van der Waals surface area contributed by atoms with Crippen LogP contribution in [0.1, 0.15) is 10.5 Å². The van der Waals surface area contributed by atoms with Crippen LogP contribution in [0.25, 0.3) is 16.6 Å². The molecule has 10 nitrogen and oxygen atoms in total. The molecule has 0 spiro atoms. The molecule has 0 fully saturated rings. The summed E-state index contributed by atoms with van der Waals surface area (Å²) in [4.78, 5) is 16.3. The number of aromatic nitrogens is 5. The Morgan fingerprint density at radius 3 is 2.54 bits per heavy atom. The fraction of sp³-hybridized carbons (Fsp3) is 0.0435. The predicted octanol–water partition coefficient (Wildman–Crippen LogP) is 4.14. The van der Waals surface area contributed by atoms with Gasteiger partial charge in [0.1, 0.15) is 16.4 Å². The zero-order valence-electron chi connectivity index (χ0n) is 18.9. The van der Waals surface area contributed by atoms with Crippen molar-refractivity contribution >= 4 is 49.8 Å². The van der Waals surface area contributed by atoms with Gasteiger partial charge in [0.2, 0.25) is 5.95 Å². The lowest BCUT2D eigenvalue weighted by Crippen LogP contribution is -2.16. The molecule has 5 rings (SSSR count). The highest BCUT2D eigenvalue weighted by Gasteiger charge is 2.21. The summed E-state index contributed by atoms with van der Waals surface area (Å²) in [7, 11) is -2.47. The first-order valence-corrected chi connectivity index (χ1v) is 12.4. The van der Waals surface area contributed by atoms with Crippen molar-refractivity contribution in [2.75, 3.05) is 10.0 Å². The smallest absolute Gasteiger partial charge is 0.274 e. The van der Waals surface area contributed by atoms with Gasteiger partial charge in [-0.3, -0.25) is 14.2 Å². The molecule has 37 heavy (non-hydrogen) atoms. The number of pyridine rings is 1. The van der Waals surface area contributed by atoms with Crippen molar-refractivity contribution in [2.45, 2.75) is 4.90 Å². The molecule has 0 aliphatic heterocycles. The van der Waals surface area contributed by atoms with Crippen LogP contribution in [0.4, 0.5) is 20.2 Å². The SMILES string of the molecule is Cn1nc2cc(NS(=O)(=O)c3cnn(-c4ccc(F)nc4)c3)ccc2c1C(=O)Nc1ccc(F)c(Cl)c1. The molecule has 5 aromatic rings. The zero-order chi connectivity index (χ0) is 26.3. The van der Waals surface area contributed by atoms with E-state index in [1.807, 2.05) is 0 Å². The van der Waals surface area contributed by atoms with Gasteiger partial charge in [-0.25, -0.2) is 22.5 Å². The standard InChI is InChI=1S/C23H16ClF2N7O3S/c1-32-22(23(34)29-13-3-6-19(25)18(24)8-13)17-5-2-14(9-20(17)30-32)31-37(35,36)16-11-28-33(12-16)15-4-7-21(26)27-10-15/h2-12,31H,1H3,(H,29,34). The third kappa shape index (κ3) is 4.86. The molecular weight excluding hydrogens is 528 g/mol. The van der Waals surface area contributed by atoms with E-state index in [1.54, 1.807) is 13.1 Å². The highest BCUT2D eigenvalue weighted by atomic mass is 35.5. The second-order valence-corrected chi connectivity index (χ2v) is 9.94. The van der Waals surface area contributed by atoms with Gasteiger partial charge >= 0.3 is 0 Å². The van der Waals surface area contributed by atoms with E-state index in [4.69, 9.17) is 11.6 Å². The van der Waals surface area contributed by atoms with Crippen molar-refractivity contribution in [3.8, 4) is 5.69 Å². The van der Waals surface area contributed by atoms with Crippen LogP contribution in [0.5, 0.6) is 0 Å². The predicted molar refractivity (Wildman–Crippen MR) is 132 cm³/mol. The minimum atomic E-state index is -4.03. The summed E-state index contributed by atoms with van der Waals surface area (Å²) >= 11 is 5.78. The minimum absolute atomic E-state index is 0.129. The van der Waals surface area contributed by atoms with Gasteiger partial charge in [0.05, 0.1) is 40.5 Å². The van der Waals surface area contributed by atoms with Gasteiger partial charge in [0.15, 0.2) is 0 Å². The van der Waals surface area contributed by atoms with Gasteiger partial charge in [-0.15, -0.1) is 0 Å². The number of sulfonamides is 1. The Labute approximate surface area is 213 Å². The number of hydrogen-bond donors (Lipinski definition) is 2. The maximum absolute atomic E-state index is 13.4. The van der Waals surface area contributed by atoms with Crippen molar-refractivity contribution in [2.24, 2.45) is 7.05 Å².